The third-order valence-electron chi connectivity index (χ3n) is 0.674. The third kappa shape index (κ3) is 5.24. The predicted octanol–water partition coefficient (Wildman–Crippen LogP) is 0.184. The molecule has 9 heavy (non-hydrogen) atoms. The van der Waals surface area contributed by atoms with Crippen LogP contribution in [0.2, 0.25) is 0 Å². The van der Waals surface area contributed by atoms with Gasteiger partial charge in [-0.05, 0) is 0 Å². The Kier molecular flexibility index (Phi) is 3.97. The molecule has 0 saturated carbocycles. The van der Waals surface area contributed by atoms with Gasteiger partial charge < -0.3 is 9.63 Å². The second-order valence-electron chi connectivity index (χ2n) is 1.38. The number of carboxylic acids is 1. The van der Waals surface area contributed by atoms with E-state index in [4.69, 9.17) is 5.11 Å². The number of carbonyl (C=O) groups is 2. The van der Waals surface area contributed by atoms with Gasteiger partial charge in [-0.1, -0.05) is 0 Å². The Bertz CT molecular complexity index is 122. The summed E-state index contributed by atoms with van der Waals surface area (Å²) in [6.07, 6.45) is -0.244. The monoisotopic (exact) mass is 150 g/mol. The van der Waals surface area contributed by atoms with Gasteiger partial charge in [0.25, 0.3) is 0 Å². The SMILES string of the molecule is O=C(O)CCC(=O)OP. The fourth-order valence-electron chi connectivity index (χ4n) is 0.268. The van der Waals surface area contributed by atoms with Gasteiger partial charge in [-0.15, -0.1) is 0 Å². The van der Waals surface area contributed by atoms with Gasteiger partial charge in [0.05, 0.1) is 22.3 Å². The second-order valence-corrected chi connectivity index (χ2v) is 1.62. The molecule has 0 aromatic heterocycles. The molecule has 0 aromatic carbocycles. The molecule has 4 nitrogen and oxygen atoms in total. The van der Waals surface area contributed by atoms with E-state index in [0.29, 0.717) is 0 Å². The molecule has 0 heterocycles. The minimum absolute atomic E-state index is 0.0706. The molecule has 0 spiro atoms. The molecule has 0 saturated heterocycles. The van der Waals surface area contributed by atoms with Crippen LogP contribution in [0.15, 0.2) is 0 Å². The second kappa shape index (κ2) is 4.27. The van der Waals surface area contributed by atoms with Crippen LogP contribution in [0.5, 0.6) is 0 Å². The van der Waals surface area contributed by atoms with Crippen LogP contribution in [-0.2, 0) is 14.1 Å². The minimum atomic E-state index is -0.995. The Labute approximate surface area is 54.5 Å². The first-order chi connectivity index (χ1) is 4.16. The number of carboxylic acid groups (broad SMARTS) is 1. The zero-order chi connectivity index (χ0) is 7.28. The molecular formula is C4H7O4P. The van der Waals surface area contributed by atoms with Crippen LogP contribution >= 0.6 is 9.47 Å². The molecular weight excluding hydrogens is 143 g/mol. The summed E-state index contributed by atoms with van der Waals surface area (Å²) in [4.78, 5) is 20.0. The molecule has 0 bridgehead atoms. The van der Waals surface area contributed by atoms with E-state index in [0.717, 1.165) is 0 Å². The Hall–Kier alpha value is -0.630. The largest absolute Gasteiger partial charge is 0.481 e. The molecule has 0 fully saturated rings. The summed E-state index contributed by atoms with van der Waals surface area (Å²) >= 11 is 0. The number of carbonyl (C=O) groups excluding carboxylic acids is 1. The summed E-state index contributed by atoms with van der Waals surface area (Å²) < 4.78 is 4.12. The Morgan fingerprint density at radius 3 is 2.33 bits per heavy atom. The van der Waals surface area contributed by atoms with Crippen LogP contribution in [0.4, 0.5) is 0 Å². The molecule has 0 amide bonds. The highest BCUT2D eigenvalue weighted by Crippen LogP contribution is 1.95. The smallest absolute Gasteiger partial charge is 0.308 e. The van der Waals surface area contributed by atoms with Gasteiger partial charge in [0.15, 0.2) is 0 Å². The normalized spacial score (nSPS) is 8.56. The zero-order valence-corrected chi connectivity index (χ0v) is 5.82. The average Bonchev–Trinajstić information content (AvgIpc) is 1.83. The molecule has 0 radical (unpaired) electrons. The van der Waals surface area contributed by atoms with E-state index in [1.807, 2.05) is 0 Å². The summed E-state index contributed by atoms with van der Waals surface area (Å²) in [5.74, 6) is -1.52. The number of hydrogen-bond donors (Lipinski definition) is 1. The molecule has 0 aliphatic carbocycles. The highest BCUT2D eigenvalue weighted by atomic mass is 31.0. The van der Waals surface area contributed by atoms with Crippen molar-refractivity contribution in [3.63, 3.8) is 0 Å². The fraction of sp³-hybridized carbons (Fsp3) is 0.500. The highest BCUT2D eigenvalue weighted by molar-refractivity contribution is 7.10. The van der Waals surface area contributed by atoms with Gasteiger partial charge in [0.2, 0.25) is 0 Å². The Balaban J connectivity index is 3.28. The lowest BCUT2D eigenvalue weighted by molar-refractivity contribution is -0.141. The zero-order valence-electron chi connectivity index (χ0n) is 4.66. The lowest BCUT2D eigenvalue weighted by Crippen LogP contribution is -2.01. The van der Waals surface area contributed by atoms with Crippen molar-refractivity contribution in [1.29, 1.82) is 0 Å². The maximum atomic E-state index is 10.2. The molecule has 0 aliphatic rings. The van der Waals surface area contributed by atoms with Crippen LogP contribution in [-0.4, -0.2) is 17.0 Å². The molecule has 52 valence electrons. The van der Waals surface area contributed by atoms with E-state index in [1.54, 1.807) is 9.47 Å². The molecule has 0 aliphatic heterocycles. The van der Waals surface area contributed by atoms with Crippen molar-refractivity contribution in [3.8, 4) is 0 Å². The van der Waals surface area contributed by atoms with E-state index in [2.05, 4.69) is 4.52 Å². The summed E-state index contributed by atoms with van der Waals surface area (Å²) in [7, 11) is 1.76. The molecule has 1 atom stereocenters. The number of rotatable bonds is 3. The molecule has 0 aromatic rings. The lowest BCUT2D eigenvalue weighted by atomic mass is 10.3. The Morgan fingerprint density at radius 2 is 2.00 bits per heavy atom. The average molecular weight is 150 g/mol. The summed E-state index contributed by atoms with van der Waals surface area (Å²) in [5, 5.41) is 8.04. The van der Waals surface area contributed by atoms with Gasteiger partial charge in [-0.25, -0.2) is 0 Å². The van der Waals surface area contributed by atoms with E-state index in [9.17, 15) is 9.59 Å². The molecule has 5 heteroatoms. The van der Waals surface area contributed by atoms with Crippen molar-refractivity contribution in [3.05, 3.63) is 0 Å². The maximum absolute atomic E-state index is 10.2. The predicted molar refractivity (Wildman–Crippen MR) is 32.7 cm³/mol. The summed E-state index contributed by atoms with van der Waals surface area (Å²) in [6.45, 7) is 0. The van der Waals surface area contributed by atoms with Crippen molar-refractivity contribution in [1.82, 2.24) is 0 Å². The van der Waals surface area contributed by atoms with E-state index < -0.39 is 11.9 Å². The summed E-state index contributed by atoms with van der Waals surface area (Å²) in [6, 6.07) is 0. The van der Waals surface area contributed by atoms with E-state index in [-0.39, 0.29) is 12.8 Å². The van der Waals surface area contributed by atoms with Gasteiger partial charge in [0, 0.05) is 0 Å². The molecule has 1 unspecified atom stereocenters. The first kappa shape index (κ1) is 8.37. The maximum Gasteiger partial charge on any atom is 0.308 e. The standard InChI is InChI=1S/C4H7O4P/c5-3(6)1-2-4(7)8-9/h1-2,9H2,(H,5,6). The number of hydrogen-bond acceptors (Lipinski definition) is 3. The fourth-order valence-corrected chi connectivity index (χ4v) is 0.386. The quantitative estimate of drug-likeness (QED) is 0.583. The van der Waals surface area contributed by atoms with E-state index in [1.165, 1.54) is 0 Å². The third-order valence-corrected chi connectivity index (χ3v) is 0.937. The first-order valence-electron chi connectivity index (χ1n) is 2.28. The van der Waals surface area contributed by atoms with Gasteiger partial charge in [-0.3, -0.25) is 9.59 Å². The van der Waals surface area contributed by atoms with E-state index >= 15 is 0 Å². The lowest BCUT2D eigenvalue weighted by Gasteiger charge is -1.92. The van der Waals surface area contributed by atoms with Crippen LogP contribution in [0.25, 0.3) is 0 Å². The molecule has 0 rings (SSSR count). The molecule has 1 N–H and O–H groups in total. The van der Waals surface area contributed by atoms with Crippen LogP contribution in [0, 0.1) is 0 Å². The Morgan fingerprint density at radius 1 is 1.44 bits per heavy atom. The van der Waals surface area contributed by atoms with Gasteiger partial charge >= 0.3 is 11.9 Å². The van der Waals surface area contributed by atoms with Crippen molar-refractivity contribution in [2.75, 3.05) is 0 Å². The van der Waals surface area contributed by atoms with Gasteiger partial charge in [0.1, 0.15) is 0 Å². The van der Waals surface area contributed by atoms with Gasteiger partial charge in [-0.2, -0.15) is 0 Å². The first-order valence-corrected chi connectivity index (χ1v) is 2.75. The topological polar surface area (TPSA) is 63.6 Å². The summed E-state index contributed by atoms with van der Waals surface area (Å²) in [5.41, 5.74) is 0. The van der Waals surface area contributed by atoms with Crippen molar-refractivity contribution >= 4 is 21.4 Å². The van der Waals surface area contributed by atoms with Crippen LogP contribution in [0.1, 0.15) is 12.8 Å². The van der Waals surface area contributed by atoms with Crippen molar-refractivity contribution in [2.45, 2.75) is 12.8 Å². The van der Waals surface area contributed by atoms with Crippen LogP contribution < -0.4 is 0 Å². The minimum Gasteiger partial charge on any atom is -0.481 e. The van der Waals surface area contributed by atoms with Crippen molar-refractivity contribution in [2.24, 2.45) is 0 Å². The number of aliphatic carboxylic acids is 1. The van der Waals surface area contributed by atoms with Crippen LogP contribution in [0.3, 0.4) is 0 Å². The highest BCUT2D eigenvalue weighted by Gasteiger charge is 2.03. The van der Waals surface area contributed by atoms with Crippen molar-refractivity contribution < 1.29 is 19.2 Å².